The molecule has 0 rings (SSSR count). The van der Waals surface area contributed by atoms with Gasteiger partial charge in [-0.3, -0.25) is 14.4 Å². The third-order valence-corrected chi connectivity index (χ3v) is 15.0. The quantitative estimate of drug-likeness (QED) is 0.0261. The molecule has 1 unspecified atom stereocenters. The molecule has 0 aliphatic carbocycles. The number of esters is 3. The molecule has 0 amide bonds. The highest BCUT2D eigenvalue weighted by Gasteiger charge is 2.19. The minimum Gasteiger partial charge on any atom is -0.462 e. The van der Waals surface area contributed by atoms with Crippen LogP contribution in [0.5, 0.6) is 0 Å². The molecular weight excluding hydrogens is 1010 g/mol. The standard InChI is InChI=1S/C76H130O6/c1-4-7-10-13-16-19-22-25-27-29-31-33-34-35-36-37-38-39-40-41-42-44-45-47-49-51-54-57-60-63-66-69-75(78)81-72-73(71-80-74(77)68-65-62-59-56-53-24-21-18-15-12-9-6-3)82-76(79)70-67-64-61-58-55-52-50-48-46-43-32-30-28-26-23-20-17-14-11-8-5-2/h8,11,17-18,20-22,25-26,28-29,31-32,34-35,43,48,50,73H,4-7,9-10,12-16,19,23-24,27,30,33,36-42,44-47,49,51-72H2,1-3H3/b11-8-,20-17-,21-18-,25-22-,28-26-,31-29-,35-34-,43-32-,50-48-. The van der Waals surface area contributed by atoms with Crippen LogP contribution in [0.3, 0.4) is 0 Å². The second-order valence-electron chi connectivity index (χ2n) is 23.1. The topological polar surface area (TPSA) is 78.9 Å². The van der Waals surface area contributed by atoms with Crippen molar-refractivity contribution >= 4 is 17.9 Å². The fraction of sp³-hybridized carbons (Fsp3) is 0.724. The molecular formula is C76H130O6. The van der Waals surface area contributed by atoms with E-state index in [0.29, 0.717) is 19.3 Å². The van der Waals surface area contributed by atoms with Crippen molar-refractivity contribution in [1.29, 1.82) is 0 Å². The molecule has 6 nitrogen and oxygen atoms in total. The van der Waals surface area contributed by atoms with Gasteiger partial charge in [-0.2, -0.15) is 0 Å². The van der Waals surface area contributed by atoms with Crippen LogP contribution in [0.25, 0.3) is 0 Å². The predicted molar refractivity (Wildman–Crippen MR) is 357 cm³/mol. The van der Waals surface area contributed by atoms with Gasteiger partial charge in [-0.15, -0.1) is 0 Å². The van der Waals surface area contributed by atoms with E-state index < -0.39 is 6.10 Å². The van der Waals surface area contributed by atoms with Crippen LogP contribution in [0.2, 0.25) is 0 Å². The number of allylic oxidation sites excluding steroid dienone is 18. The average molecular weight is 1140 g/mol. The molecule has 0 aromatic heterocycles. The summed E-state index contributed by atoms with van der Waals surface area (Å²) in [4.78, 5) is 38.4. The molecule has 470 valence electrons. The van der Waals surface area contributed by atoms with Gasteiger partial charge in [0.15, 0.2) is 6.10 Å². The van der Waals surface area contributed by atoms with Crippen molar-refractivity contribution in [3.63, 3.8) is 0 Å². The lowest BCUT2D eigenvalue weighted by molar-refractivity contribution is -0.167. The molecule has 0 N–H and O–H groups in total. The molecule has 0 fully saturated rings. The highest BCUT2D eigenvalue weighted by atomic mass is 16.6. The summed E-state index contributed by atoms with van der Waals surface area (Å²) in [6, 6.07) is 0. The van der Waals surface area contributed by atoms with Gasteiger partial charge in [0.05, 0.1) is 0 Å². The highest BCUT2D eigenvalue weighted by molar-refractivity contribution is 5.71. The van der Waals surface area contributed by atoms with E-state index in [1.807, 2.05) is 0 Å². The van der Waals surface area contributed by atoms with Crippen molar-refractivity contribution in [3.8, 4) is 0 Å². The van der Waals surface area contributed by atoms with Crippen molar-refractivity contribution in [2.45, 2.75) is 341 Å². The van der Waals surface area contributed by atoms with Gasteiger partial charge in [0, 0.05) is 19.3 Å². The third-order valence-electron chi connectivity index (χ3n) is 15.0. The minimum atomic E-state index is -0.794. The number of hydrogen-bond acceptors (Lipinski definition) is 6. The molecule has 0 saturated carbocycles. The Morgan fingerprint density at radius 3 is 0.780 bits per heavy atom. The molecule has 0 radical (unpaired) electrons. The highest BCUT2D eigenvalue weighted by Crippen LogP contribution is 2.17. The number of hydrogen-bond donors (Lipinski definition) is 0. The SMILES string of the molecule is CC/C=C\C/C=C\C/C=C\C/C=C\C/C=C\CCCCCCCC(=O)OC(COC(=O)CCCCCCC/C=C\CCCCC)COC(=O)CCCCCCCCCCCCCCCCCC/C=C\C/C=C\C/C=C\CCCCCCC. The van der Waals surface area contributed by atoms with Crippen LogP contribution in [-0.4, -0.2) is 37.2 Å². The molecule has 0 heterocycles. The molecule has 6 heteroatoms. The van der Waals surface area contributed by atoms with Gasteiger partial charge in [0.2, 0.25) is 0 Å². The molecule has 0 aromatic rings. The number of carbonyl (C=O) groups excluding carboxylic acids is 3. The summed E-state index contributed by atoms with van der Waals surface area (Å²) in [6.45, 7) is 6.49. The predicted octanol–water partition coefficient (Wildman–Crippen LogP) is 24.2. The number of ether oxygens (including phenoxy) is 3. The van der Waals surface area contributed by atoms with Gasteiger partial charge in [-0.1, -0.05) is 297 Å². The zero-order valence-electron chi connectivity index (χ0n) is 54.0. The first kappa shape index (κ1) is 78.1. The zero-order valence-corrected chi connectivity index (χ0v) is 54.0. The van der Waals surface area contributed by atoms with Crippen molar-refractivity contribution in [2.24, 2.45) is 0 Å². The van der Waals surface area contributed by atoms with Crippen LogP contribution in [0.4, 0.5) is 0 Å². The van der Waals surface area contributed by atoms with E-state index in [-0.39, 0.29) is 31.1 Å². The van der Waals surface area contributed by atoms with Crippen LogP contribution in [0, 0.1) is 0 Å². The third kappa shape index (κ3) is 66.9. The Kier molecular flexibility index (Phi) is 66.2. The molecule has 0 aliphatic heterocycles. The Morgan fingerprint density at radius 1 is 0.256 bits per heavy atom. The average Bonchev–Trinajstić information content (AvgIpc) is 3.47. The summed E-state index contributed by atoms with van der Waals surface area (Å²) in [5.74, 6) is -0.906. The van der Waals surface area contributed by atoms with Crippen molar-refractivity contribution in [1.82, 2.24) is 0 Å². The smallest absolute Gasteiger partial charge is 0.306 e. The molecule has 0 saturated heterocycles. The number of rotatable bonds is 63. The molecule has 0 spiro atoms. The summed E-state index contributed by atoms with van der Waals surface area (Å²) >= 11 is 0. The van der Waals surface area contributed by atoms with E-state index in [2.05, 4.69) is 130 Å². The summed E-state index contributed by atoms with van der Waals surface area (Å²) in [7, 11) is 0. The minimum absolute atomic E-state index is 0.0878. The maximum atomic E-state index is 12.9. The first-order valence-corrected chi connectivity index (χ1v) is 34.9. The van der Waals surface area contributed by atoms with Crippen LogP contribution in [0.1, 0.15) is 335 Å². The number of carbonyl (C=O) groups is 3. The normalized spacial score (nSPS) is 12.8. The van der Waals surface area contributed by atoms with E-state index in [1.165, 1.54) is 167 Å². The fourth-order valence-electron chi connectivity index (χ4n) is 9.77. The van der Waals surface area contributed by atoms with Gasteiger partial charge in [0.1, 0.15) is 13.2 Å². The maximum absolute atomic E-state index is 12.9. The van der Waals surface area contributed by atoms with E-state index in [1.54, 1.807) is 0 Å². The Morgan fingerprint density at radius 2 is 0.476 bits per heavy atom. The summed E-state index contributed by atoms with van der Waals surface area (Å²) in [5.41, 5.74) is 0. The summed E-state index contributed by atoms with van der Waals surface area (Å²) in [5, 5.41) is 0. The van der Waals surface area contributed by atoms with Gasteiger partial charge in [-0.05, 0) is 128 Å². The molecule has 0 bridgehead atoms. The van der Waals surface area contributed by atoms with Crippen LogP contribution < -0.4 is 0 Å². The van der Waals surface area contributed by atoms with Crippen LogP contribution in [0.15, 0.2) is 109 Å². The summed E-state index contributed by atoms with van der Waals surface area (Å²) < 4.78 is 16.9. The van der Waals surface area contributed by atoms with Crippen molar-refractivity contribution in [2.75, 3.05) is 13.2 Å². The summed E-state index contributed by atoms with van der Waals surface area (Å²) in [6.07, 6.45) is 95.5. The Labute approximate surface area is 508 Å². The lowest BCUT2D eigenvalue weighted by atomic mass is 10.0. The zero-order chi connectivity index (χ0) is 59.2. The largest absolute Gasteiger partial charge is 0.462 e. The Hall–Kier alpha value is -3.93. The molecule has 0 aliphatic rings. The van der Waals surface area contributed by atoms with Crippen LogP contribution >= 0.6 is 0 Å². The second-order valence-corrected chi connectivity index (χ2v) is 23.1. The van der Waals surface area contributed by atoms with Crippen molar-refractivity contribution < 1.29 is 28.6 Å². The first-order valence-electron chi connectivity index (χ1n) is 34.9. The van der Waals surface area contributed by atoms with Gasteiger partial charge in [0.25, 0.3) is 0 Å². The number of unbranched alkanes of at least 4 members (excludes halogenated alkanes) is 34. The van der Waals surface area contributed by atoms with E-state index in [0.717, 1.165) is 128 Å². The lowest BCUT2D eigenvalue weighted by Gasteiger charge is -2.18. The maximum Gasteiger partial charge on any atom is 0.306 e. The first-order chi connectivity index (χ1) is 40.5. The lowest BCUT2D eigenvalue weighted by Crippen LogP contribution is -2.30. The van der Waals surface area contributed by atoms with E-state index in [9.17, 15) is 14.4 Å². The Bertz CT molecular complexity index is 1640. The second kappa shape index (κ2) is 69.6. The van der Waals surface area contributed by atoms with E-state index >= 15 is 0 Å². The van der Waals surface area contributed by atoms with Gasteiger partial charge in [-0.25, -0.2) is 0 Å². The van der Waals surface area contributed by atoms with Gasteiger partial charge >= 0.3 is 17.9 Å². The Balaban J connectivity index is 4.25. The molecule has 82 heavy (non-hydrogen) atoms. The molecule has 0 aromatic carbocycles. The van der Waals surface area contributed by atoms with Gasteiger partial charge < -0.3 is 14.2 Å². The van der Waals surface area contributed by atoms with Crippen LogP contribution in [-0.2, 0) is 28.6 Å². The van der Waals surface area contributed by atoms with Crippen molar-refractivity contribution in [3.05, 3.63) is 109 Å². The molecule has 1 atom stereocenters. The monoisotopic (exact) mass is 1140 g/mol. The fourth-order valence-corrected chi connectivity index (χ4v) is 9.77. The van der Waals surface area contributed by atoms with E-state index in [4.69, 9.17) is 14.2 Å².